The molecule has 64 valence electrons. The van der Waals surface area contributed by atoms with Crippen molar-refractivity contribution in [1.29, 1.82) is 0 Å². The van der Waals surface area contributed by atoms with Crippen LogP contribution >= 0.6 is 24.8 Å². The van der Waals surface area contributed by atoms with Gasteiger partial charge in [0.2, 0.25) is 0 Å². The summed E-state index contributed by atoms with van der Waals surface area (Å²) in [4.78, 5) is 0. The summed E-state index contributed by atoms with van der Waals surface area (Å²) in [5, 5.41) is 3.29. The lowest BCUT2D eigenvalue weighted by molar-refractivity contribution is 0.382. The summed E-state index contributed by atoms with van der Waals surface area (Å²) in [6, 6.07) is 0. The molecule has 0 saturated carbocycles. The molecule has 0 aromatic carbocycles. The number of nitrogens with one attached hydrogen (secondary N) is 1. The molecule has 0 radical (unpaired) electrons. The van der Waals surface area contributed by atoms with Crippen LogP contribution in [0.1, 0.15) is 12.8 Å². The highest BCUT2D eigenvalue weighted by atomic mass is 35.5. The number of nitrogens with two attached hydrogens (primary N) is 1. The van der Waals surface area contributed by atoms with Gasteiger partial charge in [0.1, 0.15) is 0 Å². The van der Waals surface area contributed by atoms with Crippen LogP contribution in [0, 0.1) is 5.92 Å². The Balaban J connectivity index is 0. The molecule has 1 rings (SSSR count). The highest BCUT2D eigenvalue weighted by Gasteiger charge is 2.09. The molecule has 0 spiro atoms. The maximum absolute atomic E-state index is 5.48. The van der Waals surface area contributed by atoms with E-state index in [-0.39, 0.29) is 24.8 Å². The van der Waals surface area contributed by atoms with Crippen LogP contribution in [0.3, 0.4) is 0 Å². The van der Waals surface area contributed by atoms with Crippen molar-refractivity contribution in [3.05, 3.63) is 0 Å². The van der Waals surface area contributed by atoms with Crippen LogP contribution in [0.4, 0.5) is 0 Å². The molecule has 0 unspecified atom stereocenters. The molecule has 2 nitrogen and oxygen atoms in total. The molecule has 1 aliphatic heterocycles. The van der Waals surface area contributed by atoms with Crippen LogP contribution in [0.15, 0.2) is 0 Å². The van der Waals surface area contributed by atoms with Crippen LogP contribution in [-0.2, 0) is 0 Å². The maximum Gasteiger partial charge on any atom is -0.00458 e. The second-order valence-corrected chi connectivity index (χ2v) is 2.43. The van der Waals surface area contributed by atoms with Crippen molar-refractivity contribution in [3.63, 3.8) is 0 Å². The van der Waals surface area contributed by atoms with E-state index in [2.05, 4.69) is 5.32 Å². The van der Waals surface area contributed by atoms with E-state index in [4.69, 9.17) is 5.73 Å². The third-order valence-corrected chi connectivity index (χ3v) is 1.79. The van der Waals surface area contributed by atoms with E-state index in [9.17, 15) is 0 Å². The summed E-state index contributed by atoms with van der Waals surface area (Å²) in [5.41, 5.74) is 5.48. The third kappa shape index (κ3) is 4.34. The minimum absolute atomic E-state index is 0. The lowest BCUT2D eigenvalue weighted by Gasteiger charge is -2.20. The smallest absolute Gasteiger partial charge is 0.00458 e. The summed E-state index contributed by atoms with van der Waals surface area (Å²) in [6.45, 7) is 3.21. The first kappa shape index (κ1) is 13.1. The molecule has 3 N–H and O–H groups in total. The van der Waals surface area contributed by atoms with Crippen LogP contribution in [-0.4, -0.2) is 19.6 Å². The van der Waals surface area contributed by atoms with Gasteiger partial charge in [0.15, 0.2) is 0 Å². The number of hydrogen-bond donors (Lipinski definition) is 2. The molecular weight excluding hydrogens is 171 g/mol. The highest BCUT2D eigenvalue weighted by Crippen LogP contribution is 2.07. The number of rotatable bonds is 1. The van der Waals surface area contributed by atoms with Gasteiger partial charge >= 0.3 is 0 Å². The van der Waals surface area contributed by atoms with E-state index < -0.39 is 0 Å². The Morgan fingerprint density at radius 3 is 2.00 bits per heavy atom. The number of piperidine rings is 1. The Labute approximate surface area is 74.8 Å². The van der Waals surface area contributed by atoms with Crippen molar-refractivity contribution < 1.29 is 0 Å². The van der Waals surface area contributed by atoms with Crippen molar-refractivity contribution in [3.8, 4) is 0 Å². The lowest BCUT2D eigenvalue weighted by Crippen LogP contribution is -2.31. The van der Waals surface area contributed by atoms with Crippen LogP contribution in [0.5, 0.6) is 0 Å². The first-order valence-electron chi connectivity index (χ1n) is 3.34. The molecule has 0 aliphatic carbocycles. The predicted octanol–water partition coefficient (Wildman–Crippen LogP) is 0.788. The van der Waals surface area contributed by atoms with Gasteiger partial charge in [-0.1, -0.05) is 0 Å². The van der Waals surface area contributed by atoms with Crippen molar-refractivity contribution in [2.24, 2.45) is 11.7 Å². The van der Waals surface area contributed by atoms with Gasteiger partial charge < -0.3 is 11.1 Å². The summed E-state index contributed by atoms with van der Waals surface area (Å²) in [6.07, 6.45) is 2.55. The van der Waals surface area contributed by atoms with Crippen molar-refractivity contribution >= 4 is 24.8 Å². The zero-order valence-corrected chi connectivity index (χ0v) is 7.64. The van der Waals surface area contributed by atoms with E-state index in [1.807, 2.05) is 0 Å². The Hall–Kier alpha value is 0.500. The van der Waals surface area contributed by atoms with Gasteiger partial charge in [0.05, 0.1) is 0 Å². The van der Waals surface area contributed by atoms with Gasteiger partial charge in [-0.05, 0) is 38.4 Å². The molecule has 0 aromatic rings. The normalized spacial score (nSPS) is 18.9. The fourth-order valence-electron chi connectivity index (χ4n) is 1.12. The summed E-state index contributed by atoms with van der Waals surface area (Å²) >= 11 is 0. The summed E-state index contributed by atoms with van der Waals surface area (Å²) in [5.74, 6) is 0.802. The minimum Gasteiger partial charge on any atom is -0.330 e. The van der Waals surface area contributed by atoms with Crippen molar-refractivity contribution in [2.75, 3.05) is 19.6 Å². The van der Waals surface area contributed by atoms with E-state index >= 15 is 0 Å². The SMILES string of the molecule is Cl.Cl.NCC1CCNCC1. The number of hydrogen-bond acceptors (Lipinski definition) is 2. The average Bonchev–Trinajstić information content (AvgIpc) is 1.90. The standard InChI is InChI=1S/C6H14N2.2ClH/c7-5-6-1-3-8-4-2-6;;/h6,8H,1-5,7H2;2*1H. The van der Waals surface area contributed by atoms with Crippen molar-refractivity contribution in [2.45, 2.75) is 12.8 Å². The molecule has 0 amide bonds. The first-order valence-corrected chi connectivity index (χ1v) is 3.34. The predicted molar refractivity (Wildman–Crippen MR) is 49.1 cm³/mol. The topological polar surface area (TPSA) is 38.0 Å². The van der Waals surface area contributed by atoms with E-state index in [0.29, 0.717) is 0 Å². The zero-order chi connectivity index (χ0) is 5.82. The van der Waals surface area contributed by atoms with Gasteiger partial charge in [-0.3, -0.25) is 0 Å². The Kier molecular flexibility index (Phi) is 9.97. The van der Waals surface area contributed by atoms with E-state index in [1.54, 1.807) is 0 Å². The molecule has 0 atom stereocenters. The second-order valence-electron chi connectivity index (χ2n) is 2.43. The van der Waals surface area contributed by atoms with E-state index in [1.165, 1.54) is 25.9 Å². The minimum atomic E-state index is 0. The monoisotopic (exact) mass is 186 g/mol. The second kappa shape index (κ2) is 7.61. The van der Waals surface area contributed by atoms with E-state index in [0.717, 1.165) is 12.5 Å². The third-order valence-electron chi connectivity index (χ3n) is 1.79. The van der Waals surface area contributed by atoms with Crippen molar-refractivity contribution in [1.82, 2.24) is 5.32 Å². The molecule has 1 saturated heterocycles. The quantitative estimate of drug-likeness (QED) is 0.636. The lowest BCUT2D eigenvalue weighted by atomic mass is 9.99. The fourth-order valence-corrected chi connectivity index (χ4v) is 1.12. The van der Waals surface area contributed by atoms with Gasteiger partial charge in [-0.15, -0.1) is 24.8 Å². The average molecular weight is 187 g/mol. The molecule has 1 fully saturated rings. The summed E-state index contributed by atoms with van der Waals surface area (Å²) in [7, 11) is 0. The van der Waals surface area contributed by atoms with Gasteiger partial charge in [0.25, 0.3) is 0 Å². The molecule has 0 bridgehead atoms. The highest BCUT2D eigenvalue weighted by molar-refractivity contribution is 5.85. The Morgan fingerprint density at radius 2 is 1.70 bits per heavy atom. The Bertz CT molecular complexity index is 64.8. The molecule has 4 heteroatoms. The first-order chi connectivity index (χ1) is 3.93. The maximum atomic E-state index is 5.48. The fraction of sp³-hybridized carbons (Fsp3) is 1.00. The van der Waals surface area contributed by atoms with Gasteiger partial charge in [-0.25, -0.2) is 0 Å². The molecule has 1 heterocycles. The van der Waals surface area contributed by atoms with Gasteiger partial charge in [-0.2, -0.15) is 0 Å². The molecular formula is C6H16Cl2N2. The van der Waals surface area contributed by atoms with Crippen LogP contribution in [0.2, 0.25) is 0 Å². The number of halogens is 2. The largest absolute Gasteiger partial charge is 0.330 e. The zero-order valence-electron chi connectivity index (χ0n) is 6.01. The summed E-state index contributed by atoms with van der Waals surface area (Å²) < 4.78 is 0. The van der Waals surface area contributed by atoms with Crippen LogP contribution in [0.25, 0.3) is 0 Å². The molecule has 10 heavy (non-hydrogen) atoms. The Morgan fingerprint density at radius 1 is 1.20 bits per heavy atom. The molecule has 0 aromatic heterocycles. The van der Waals surface area contributed by atoms with Gasteiger partial charge in [0, 0.05) is 0 Å². The van der Waals surface area contributed by atoms with Crippen LogP contribution < -0.4 is 11.1 Å². The molecule has 1 aliphatic rings.